The number of benzene rings is 1. The molecule has 0 bridgehead atoms. The smallest absolute Gasteiger partial charge is 0.260 e. The first kappa shape index (κ1) is 15.0. The lowest BCUT2D eigenvalue weighted by atomic mass is 10.1. The zero-order valence-corrected chi connectivity index (χ0v) is 14.5. The second-order valence-electron chi connectivity index (χ2n) is 5.67. The summed E-state index contributed by atoms with van der Waals surface area (Å²) in [5, 5.41) is 11.0. The van der Waals surface area contributed by atoms with Crippen LogP contribution in [0.3, 0.4) is 0 Å². The Morgan fingerprint density at radius 2 is 1.96 bits per heavy atom. The summed E-state index contributed by atoms with van der Waals surface area (Å²) in [5.41, 5.74) is 3.48. The molecule has 0 spiro atoms. The van der Waals surface area contributed by atoms with Crippen LogP contribution in [-0.4, -0.2) is 9.38 Å². The van der Waals surface area contributed by atoms with E-state index in [0.29, 0.717) is 21.6 Å². The lowest BCUT2D eigenvalue weighted by Crippen LogP contribution is -2.09. The van der Waals surface area contributed by atoms with E-state index in [-0.39, 0.29) is 5.56 Å². The second kappa shape index (κ2) is 5.23. The van der Waals surface area contributed by atoms with E-state index in [4.69, 9.17) is 11.6 Å². The summed E-state index contributed by atoms with van der Waals surface area (Å²) in [6.45, 7) is 3.95. The number of fused-ring (bicyclic) bond motifs is 3. The molecule has 0 saturated heterocycles. The van der Waals surface area contributed by atoms with Crippen molar-refractivity contribution in [1.29, 1.82) is 5.26 Å². The first-order valence-corrected chi connectivity index (χ1v) is 8.53. The van der Waals surface area contributed by atoms with Crippen LogP contribution in [0.1, 0.15) is 16.0 Å². The summed E-state index contributed by atoms with van der Waals surface area (Å²) in [6.07, 6.45) is 1.91. The molecular weight excluding hydrogens is 342 g/mol. The summed E-state index contributed by atoms with van der Waals surface area (Å²) in [7, 11) is 0. The molecule has 1 N–H and O–H groups in total. The molecule has 4 nitrogen and oxygen atoms in total. The van der Waals surface area contributed by atoms with Gasteiger partial charge in [0.2, 0.25) is 0 Å². The lowest BCUT2D eigenvalue weighted by molar-refractivity contribution is 1.17. The largest absolute Gasteiger partial charge is 0.306 e. The standard InChI is InChI=1S/C18H12ClN3OS/c1-9-10(2)24-18-15(9)17(23)21-16-13(7-20)14(8-22(16)18)11-3-5-12(19)6-4-11/h3-6,8H,1-2H3,(H,21,23). The minimum absolute atomic E-state index is 0.156. The molecule has 0 aliphatic rings. The van der Waals surface area contributed by atoms with Crippen molar-refractivity contribution in [2.24, 2.45) is 0 Å². The Balaban J connectivity index is 2.16. The third kappa shape index (κ3) is 2.01. The van der Waals surface area contributed by atoms with Gasteiger partial charge in [-0.25, -0.2) is 0 Å². The van der Waals surface area contributed by atoms with Crippen molar-refractivity contribution in [3.63, 3.8) is 0 Å². The SMILES string of the molecule is Cc1sc2c(c1C)c(=O)[nH]c1c(C#N)c(-c3ccc(Cl)cc3)cn12. The van der Waals surface area contributed by atoms with Crippen LogP contribution in [0.4, 0.5) is 0 Å². The molecule has 0 aliphatic heterocycles. The van der Waals surface area contributed by atoms with Gasteiger partial charge in [-0.3, -0.25) is 9.20 Å². The van der Waals surface area contributed by atoms with E-state index >= 15 is 0 Å². The van der Waals surface area contributed by atoms with Gasteiger partial charge in [-0.1, -0.05) is 23.7 Å². The van der Waals surface area contributed by atoms with Gasteiger partial charge in [0, 0.05) is 21.7 Å². The summed E-state index contributed by atoms with van der Waals surface area (Å²) >= 11 is 7.52. The maximum atomic E-state index is 12.5. The molecule has 1 aromatic carbocycles. The van der Waals surface area contributed by atoms with Crippen LogP contribution >= 0.6 is 22.9 Å². The van der Waals surface area contributed by atoms with Gasteiger partial charge in [0.25, 0.3) is 5.56 Å². The Morgan fingerprint density at radius 3 is 2.62 bits per heavy atom. The number of hydrogen-bond acceptors (Lipinski definition) is 3. The molecule has 0 unspecified atom stereocenters. The first-order valence-electron chi connectivity index (χ1n) is 7.34. The summed E-state index contributed by atoms with van der Waals surface area (Å²) in [4.78, 5) is 17.3. The molecule has 4 aromatic rings. The lowest BCUT2D eigenvalue weighted by Gasteiger charge is -1.98. The molecule has 0 radical (unpaired) electrons. The third-order valence-electron chi connectivity index (χ3n) is 4.32. The number of thiophene rings is 1. The van der Waals surface area contributed by atoms with Crippen molar-refractivity contribution in [1.82, 2.24) is 9.38 Å². The van der Waals surface area contributed by atoms with E-state index in [9.17, 15) is 10.1 Å². The molecule has 3 aromatic heterocycles. The highest BCUT2D eigenvalue weighted by Gasteiger charge is 2.18. The Morgan fingerprint density at radius 1 is 1.25 bits per heavy atom. The predicted molar refractivity (Wildman–Crippen MR) is 98.0 cm³/mol. The molecule has 0 fully saturated rings. The van der Waals surface area contributed by atoms with Crippen LogP contribution in [-0.2, 0) is 0 Å². The Bertz CT molecular complexity index is 1210. The predicted octanol–water partition coefficient (Wildman–Crippen LogP) is 4.65. The van der Waals surface area contributed by atoms with E-state index in [0.717, 1.165) is 26.4 Å². The fraction of sp³-hybridized carbons (Fsp3) is 0.111. The monoisotopic (exact) mass is 353 g/mol. The number of nitriles is 1. The molecule has 24 heavy (non-hydrogen) atoms. The Labute approximate surface area is 146 Å². The quantitative estimate of drug-likeness (QED) is 0.541. The number of rotatable bonds is 1. The fourth-order valence-corrected chi connectivity index (χ4v) is 4.23. The minimum Gasteiger partial charge on any atom is -0.306 e. The van der Waals surface area contributed by atoms with Crippen LogP contribution in [0, 0.1) is 25.2 Å². The van der Waals surface area contributed by atoms with E-state index in [1.165, 1.54) is 0 Å². The topological polar surface area (TPSA) is 61.1 Å². The first-order chi connectivity index (χ1) is 11.5. The maximum Gasteiger partial charge on any atom is 0.260 e. The van der Waals surface area contributed by atoms with E-state index < -0.39 is 0 Å². The van der Waals surface area contributed by atoms with Crippen LogP contribution in [0.25, 0.3) is 27.0 Å². The van der Waals surface area contributed by atoms with Crippen LogP contribution in [0.2, 0.25) is 5.02 Å². The van der Waals surface area contributed by atoms with Crippen LogP contribution in [0.15, 0.2) is 35.3 Å². The number of aromatic amines is 1. The number of nitrogens with one attached hydrogen (secondary N) is 1. The fourth-order valence-electron chi connectivity index (χ4n) is 2.97. The summed E-state index contributed by atoms with van der Waals surface area (Å²) in [6, 6.07) is 9.55. The Kier molecular flexibility index (Phi) is 3.27. The van der Waals surface area contributed by atoms with Crippen molar-refractivity contribution in [2.75, 3.05) is 0 Å². The number of aromatic nitrogens is 2. The van der Waals surface area contributed by atoms with Gasteiger partial charge in [-0.15, -0.1) is 11.3 Å². The number of nitrogens with zero attached hydrogens (tertiary/aromatic N) is 2. The van der Waals surface area contributed by atoms with E-state index in [1.54, 1.807) is 23.5 Å². The van der Waals surface area contributed by atoms with Gasteiger partial charge < -0.3 is 4.98 Å². The normalized spacial score (nSPS) is 11.2. The van der Waals surface area contributed by atoms with Crippen molar-refractivity contribution in [2.45, 2.75) is 13.8 Å². The molecule has 3 heterocycles. The molecule has 6 heteroatoms. The molecule has 118 valence electrons. The molecule has 0 atom stereocenters. The summed E-state index contributed by atoms with van der Waals surface area (Å²) < 4.78 is 1.91. The van der Waals surface area contributed by atoms with Gasteiger partial charge >= 0.3 is 0 Å². The highest BCUT2D eigenvalue weighted by atomic mass is 35.5. The molecule has 0 aliphatic carbocycles. The van der Waals surface area contributed by atoms with E-state index in [2.05, 4.69) is 11.1 Å². The van der Waals surface area contributed by atoms with Crippen molar-refractivity contribution >= 4 is 38.8 Å². The highest BCUT2D eigenvalue weighted by molar-refractivity contribution is 7.18. The van der Waals surface area contributed by atoms with Gasteiger partial charge in [0.05, 0.1) is 5.39 Å². The van der Waals surface area contributed by atoms with Crippen molar-refractivity contribution in [3.05, 3.63) is 61.8 Å². The average Bonchev–Trinajstić information content (AvgIpc) is 3.07. The van der Waals surface area contributed by atoms with Gasteiger partial charge in [0.1, 0.15) is 22.1 Å². The number of hydrogen-bond donors (Lipinski definition) is 1. The zero-order valence-electron chi connectivity index (χ0n) is 13.0. The van der Waals surface area contributed by atoms with Crippen molar-refractivity contribution < 1.29 is 0 Å². The van der Waals surface area contributed by atoms with Crippen molar-refractivity contribution in [3.8, 4) is 17.2 Å². The number of halogens is 1. The maximum absolute atomic E-state index is 12.5. The van der Waals surface area contributed by atoms with Gasteiger partial charge in [-0.2, -0.15) is 5.26 Å². The third-order valence-corrected chi connectivity index (χ3v) is 5.78. The highest BCUT2D eigenvalue weighted by Crippen LogP contribution is 2.33. The number of aryl methyl sites for hydroxylation is 2. The van der Waals surface area contributed by atoms with Gasteiger partial charge in [0.15, 0.2) is 0 Å². The number of H-pyrrole nitrogens is 1. The zero-order chi connectivity index (χ0) is 17.0. The minimum atomic E-state index is -0.156. The average molecular weight is 354 g/mol. The van der Waals surface area contributed by atoms with Crippen LogP contribution < -0.4 is 5.56 Å². The van der Waals surface area contributed by atoms with E-state index in [1.807, 2.05) is 36.6 Å². The van der Waals surface area contributed by atoms with Gasteiger partial charge in [-0.05, 0) is 37.1 Å². The molecule has 4 rings (SSSR count). The second-order valence-corrected chi connectivity index (χ2v) is 7.31. The van der Waals surface area contributed by atoms with Crippen LogP contribution in [0.5, 0.6) is 0 Å². The molecule has 0 saturated carbocycles. The summed E-state index contributed by atoms with van der Waals surface area (Å²) in [5.74, 6) is 0. The molecular formula is C18H12ClN3OS. The molecule has 0 amide bonds. The Hall–Kier alpha value is -2.55.